The summed E-state index contributed by atoms with van der Waals surface area (Å²) in [6.45, 7) is 7.80. The molecule has 0 radical (unpaired) electrons. The van der Waals surface area contributed by atoms with Crippen LogP contribution in [0.5, 0.6) is 17.2 Å². The van der Waals surface area contributed by atoms with Crippen molar-refractivity contribution in [1.29, 1.82) is 0 Å². The van der Waals surface area contributed by atoms with E-state index in [0.29, 0.717) is 17.4 Å². The molecule has 3 rings (SSSR count). The van der Waals surface area contributed by atoms with Gasteiger partial charge in [0.15, 0.2) is 6.10 Å². The van der Waals surface area contributed by atoms with E-state index < -0.39 is 23.8 Å². The Morgan fingerprint density at radius 3 is 2.20 bits per heavy atom. The van der Waals surface area contributed by atoms with Gasteiger partial charge >= 0.3 is 12.1 Å². The summed E-state index contributed by atoms with van der Waals surface area (Å²) in [4.78, 5) is 17.5. The Kier molecular flexibility index (Phi) is 8.32. The zero-order valence-electron chi connectivity index (χ0n) is 20.1. The fraction of sp³-hybridized carbons (Fsp3) is 0.423. The van der Waals surface area contributed by atoms with Crippen molar-refractivity contribution in [2.24, 2.45) is 11.3 Å². The standard InChI is InChI=1S/C26H30F3NO5/c1-17-13-20(15-25(3,4)14-17)30-33-16-32-24(31)18(2)34-21-9-11-23(12-10-21)35-22-7-5-19(6-8-22)26(27,28)29/h5-12,15,17-18,30H,13-14,16H2,1-4H3. The normalized spacial score (nSPS) is 18.3. The first-order valence-electron chi connectivity index (χ1n) is 11.3. The van der Waals surface area contributed by atoms with Crippen LogP contribution >= 0.6 is 0 Å². The van der Waals surface area contributed by atoms with Gasteiger partial charge in [0.05, 0.1) is 5.56 Å². The van der Waals surface area contributed by atoms with E-state index in [-0.39, 0.29) is 18.0 Å². The summed E-state index contributed by atoms with van der Waals surface area (Å²) in [5.41, 5.74) is 3.16. The maximum absolute atomic E-state index is 12.7. The van der Waals surface area contributed by atoms with Gasteiger partial charge in [0, 0.05) is 5.70 Å². The van der Waals surface area contributed by atoms with Gasteiger partial charge in [-0.3, -0.25) is 5.48 Å². The van der Waals surface area contributed by atoms with Crippen LogP contribution in [0.3, 0.4) is 0 Å². The lowest BCUT2D eigenvalue weighted by Crippen LogP contribution is -2.30. The summed E-state index contributed by atoms with van der Waals surface area (Å²) < 4.78 is 54.2. The molecule has 6 nitrogen and oxygen atoms in total. The summed E-state index contributed by atoms with van der Waals surface area (Å²) in [6, 6.07) is 10.7. The van der Waals surface area contributed by atoms with Crippen LogP contribution in [0, 0.1) is 11.3 Å². The molecule has 1 aliphatic carbocycles. The van der Waals surface area contributed by atoms with Gasteiger partial charge in [-0.1, -0.05) is 26.8 Å². The molecule has 0 aromatic heterocycles. The minimum Gasteiger partial charge on any atom is -0.479 e. The number of carbonyl (C=O) groups is 1. The average Bonchev–Trinajstić information content (AvgIpc) is 2.76. The number of halogens is 3. The summed E-state index contributed by atoms with van der Waals surface area (Å²) in [7, 11) is 0. The molecule has 0 spiro atoms. The van der Waals surface area contributed by atoms with Crippen molar-refractivity contribution in [3.05, 3.63) is 65.9 Å². The Labute approximate surface area is 203 Å². The van der Waals surface area contributed by atoms with Crippen molar-refractivity contribution in [1.82, 2.24) is 5.48 Å². The summed E-state index contributed by atoms with van der Waals surface area (Å²) in [6.07, 6.45) is -1.18. The largest absolute Gasteiger partial charge is 0.479 e. The van der Waals surface area contributed by atoms with Crippen LogP contribution in [-0.4, -0.2) is 18.9 Å². The van der Waals surface area contributed by atoms with Crippen molar-refractivity contribution < 1.29 is 37.0 Å². The highest BCUT2D eigenvalue weighted by molar-refractivity contribution is 5.74. The fourth-order valence-corrected chi connectivity index (χ4v) is 4.02. The minimum absolute atomic E-state index is 0.0840. The van der Waals surface area contributed by atoms with E-state index in [1.54, 1.807) is 31.2 Å². The van der Waals surface area contributed by atoms with Gasteiger partial charge in [0.2, 0.25) is 6.79 Å². The molecule has 2 unspecified atom stereocenters. The number of carbonyl (C=O) groups excluding carboxylic acids is 1. The first-order valence-corrected chi connectivity index (χ1v) is 11.3. The van der Waals surface area contributed by atoms with Crippen LogP contribution in [0.15, 0.2) is 60.3 Å². The molecule has 2 atom stereocenters. The molecule has 190 valence electrons. The number of hydrogen-bond donors (Lipinski definition) is 1. The SMILES string of the molecule is CC1CC(NOCOC(=O)C(C)Oc2ccc(Oc3ccc(C(F)(F)F)cc3)cc2)=CC(C)(C)C1. The minimum atomic E-state index is -4.40. The molecule has 0 bridgehead atoms. The molecule has 0 amide bonds. The van der Waals surface area contributed by atoms with Gasteiger partial charge in [-0.15, -0.1) is 0 Å². The number of esters is 1. The highest BCUT2D eigenvalue weighted by Gasteiger charge is 2.30. The molecule has 2 aromatic rings. The topological polar surface area (TPSA) is 66.0 Å². The molecule has 2 aromatic carbocycles. The predicted octanol–water partition coefficient (Wildman–Crippen LogP) is 6.63. The van der Waals surface area contributed by atoms with Gasteiger partial charge in [0.1, 0.15) is 17.2 Å². The van der Waals surface area contributed by atoms with Crippen molar-refractivity contribution in [3.8, 4) is 17.2 Å². The second kappa shape index (κ2) is 11.0. The maximum Gasteiger partial charge on any atom is 0.416 e. The molecule has 9 heteroatoms. The number of ether oxygens (including phenoxy) is 3. The van der Waals surface area contributed by atoms with Gasteiger partial charge in [-0.25, -0.2) is 9.63 Å². The number of hydroxylamine groups is 1. The molecule has 0 saturated heterocycles. The smallest absolute Gasteiger partial charge is 0.416 e. The Balaban J connectivity index is 1.42. The van der Waals surface area contributed by atoms with Gasteiger partial charge in [-0.05, 0) is 79.6 Å². The number of nitrogens with one attached hydrogen (secondary N) is 1. The van der Waals surface area contributed by atoms with Crippen LogP contribution in [0.1, 0.15) is 46.1 Å². The number of allylic oxidation sites excluding steroid dienone is 2. The Morgan fingerprint density at radius 1 is 1.06 bits per heavy atom. The van der Waals surface area contributed by atoms with Crippen LogP contribution in [-0.2, 0) is 20.5 Å². The Morgan fingerprint density at radius 2 is 1.63 bits per heavy atom. The van der Waals surface area contributed by atoms with E-state index >= 15 is 0 Å². The van der Waals surface area contributed by atoms with Gasteiger partial charge in [0.25, 0.3) is 0 Å². The predicted molar refractivity (Wildman–Crippen MR) is 123 cm³/mol. The lowest BCUT2D eigenvalue weighted by Gasteiger charge is -2.32. The Hall–Kier alpha value is -3.20. The number of benzene rings is 2. The molecule has 0 heterocycles. The quantitative estimate of drug-likeness (QED) is 0.183. The molecular formula is C26H30F3NO5. The second-order valence-electron chi connectivity index (χ2n) is 9.35. The zero-order valence-corrected chi connectivity index (χ0v) is 20.1. The van der Waals surface area contributed by atoms with E-state index in [9.17, 15) is 18.0 Å². The first kappa shape index (κ1) is 26.4. The van der Waals surface area contributed by atoms with Crippen LogP contribution in [0.2, 0.25) is 0 Å². The third-order valence-corrected chi connectivity index (χ3v) is 5.36. The van der Waals surface area contributed by atoms with Gasteiger partial charge < -0.3 is 14.2 Å². The van der Waals surface area contributed by atoms with E-state index in [1.165, 1.54) is 12.1 Å². The van der Waals surface area contributed by atoms with Crippen molar-refractivity contribution in [2.75, 3.05) is 6.79 Å². The fourth-order valence-electron chi connectivity index (χ4n) is 4.02. The molecule has 1 aliphatic rings. The molecule has 1 N–H and O–H groups in total. The second-order valence-corrected chi connectivity index (χ2v) is 9.35. The lowest BCUT2D eigenvalue weighted by atomic mass is 9.76. The van der Waals surface area contributed by atoms with Crippen molar-refractivity contribution >= 4 is 5.97 Å². The summed E-state index contributed by atoms with van der Waals surface area (Å²) >= 11 is 0. The number of rotatable bonds is 9. The molecule has 35 heavy (non-hydrogen) atoms. The third-order valence-electron chi connectivity index (χ3n) is 5.36. The van der Waals surface area contributed by atoms with Crippen LogP contribution in [0.25, 0.3) is 0 Å². The summed E-state index contributed by atoms with van der Waals surface area (Å²) in [5, 5.41) is 0. The van der Waals surface area contributed by atoms with E-state index in [4.69, 9.17) is 19.0 Å². The van der Waals surface area contributed by atoms with Crippen LogP contribution in [0.4, 0.5) is 13.2 Å². The Bertz CT molecular complexity index is 1020. The lowest BCUT2D eigenvalue weighted by molar-refractivity contribution is -0.168. The number of hydrogen-bond acceptors (Lipinski definition) is 6. The van der Waals surface area contributed by atoms with E-state index in [1.807, 2.05) is 0 Å². The third kappa shape index (κ3) is 8.20. The van der Waals surface area contributed by atoms with E-state index in [0.717, 1.165) is 30.7 Å². The van der Waals surface area contributed by atoms with Crippen molar-refractivity contribution in [3.63, 3.8) is 0 Å². The molecular weight excluding hydrogens is 463 g/mol. The monoisotopic (exact) mass is 493 g/mol. The highest BCUT2D eigenvalue weighted by atomic mass is 19.4. The molecule has 0 fully saturated rings. The first-order chi connectivity index (χ1) is 16.4. The zero-order chi connectivity index (χ0) is 25.6. The highest BCUT2D eigenvalue weighted by Crippen LogP contribution is 2.36. The number of alkyl halides is 3. The summed E-state index contributed by atoms with van der Waals surface area (Å²) in [5.74, 6) is 1.00. The molecule has 0 saturated carbocycles. The van der Waals surface area contributed by atoms with Gasteiger partial charge in [-0.2, -0.15) is 13.2 Å². The molecule has 0 aliphatic heterocycles. The maximum atomic E-state index is 12.7. The van der Waals surface area contributed by atoms with E-state index in [2.05, 4.69) is 32.3 Å². The van der Waals surface area contributed by atoms with Crippen molar-refractivity contribution in [2.45, 2.75) is 52.8 Å². The van der Waals surface area contributed by atoms with Crippen LogP contribution < -0.4 is 15.0 Å². The average molecular weight is 494 g/mol.